The van der Waals surface area contributed by atoms with Crippen LogP contribution in [0.1, 0.15) is 16.7 Å². The Hall–Kier alpha value is -6.18. The molecule has 0 amide bonds. The highest BCUT2D eigenvalue weighted by Gasteiger charge is 2.15. The van der Waals surface area contributed by atoms with Crippen LogP contribution < -0.4 is 4.90 Å². The van der Waals surface area contributed by atoms with Gasteiger partial charge in [-0.2, -0.15) is 0 Å². The van der Waals surface area contributed by atoms with Gasteiger partial charge in [0.2, 0.25) is 0 Å². The molecule has 0 radical (unpaired) electrons. The molecule has 0 saturated carbocycles. The summed E-state index contributed by atoms with van der Waals surface area (Å²) < 4.78 is 0. The fourth-order valence-corrected chi connectivity index (χ4v) is 6.72. The zero-order valence-electron chi connectivity index (χ0n) is 26.7. The molecule has 1 nitrogen and oxygen atoms in total. The lowest BCUT2D eigenvalue weighted by Gasteiger charge is -2.27. The van der Waals surface area contributed by atoms with Crippen molar-refractivity contribution in [3.63, 3.8) is 0 Å². The first-order valence-electron chi connectivity index (χ1n) is 16.6. The molecule has 0 fully saturated rings. The normalized spacial score (nSPS) is 11.5. The van der Waals surface area contributed by atoms with Gasteiger partial charge in [-0.05, 0) is 86.3 Å². The van der Waals surface area contributed by atoms with Gasteiger partial charge in [0.1, 0.15) is 0 Å². The number of allylic oxidation sites excluding steroid dienone is 1. The lowest BCUT2D eigenvalue weighted by molar-refractivity contribution is 1.30. The zero-order chi connectivity index (χ0) is 32.1. The molecule has 8 rings (SSSR count). The second-order valence-electron chi connectivity index (χ2n) is 12.2. The second-order valence-corrected chi connectivity index (χ2v) is 12.2. The molecule has 8 aromatic rings. The van der Waals surface area contributed by atoms with Crippen LogP contribution in [-0.4, -0.2) is 0 Å². The highest BCUT2D eigenvalue weighted by atomic mass is 15.1. The summed E-state index contributed by atoms with van der Waals surface area (Å²) in [5.74, 6) is 0. The van der Waals surface area contributed by atoms with Gasteiger partial charge < -0.3 is 4.90 Å². The molecule has 0 saturated heterocycles. The quantitative estimate of drug-likeness (QED) is 0.154. The summed E-state index contributed by atoms with van der Waals surface area (Å²) >= 11 is 0. The largest absolute Gasteiger partial charge is 0.310 e. The van der Waals surface area contributed by atoms with Gasteiger partial charge in [0.25, 0.3) is 0 Å². The summed E-state index contributed by atoms with van der Waals surface area (Å²) in [6.45, 7) is 0. The molecular weight excluding hydrogens is 579 g/mol. The Bertz CT molecular complexity index is 2320. The molecular formula is C47H35N. The fraction of sp³-hybridized carbons (Fsp3) is 0.0213. The number of para-hydroxylation sites is 1. The maximum atomic E-state index is 2.35. The first kappa shape index (κ1) is 29.2. The van der Waals surface area contributed by atoms with E-state index >= 15 is 0 Å². The van der Waals surface area contributed by atoms with Crippen molar-refractivity contribution in [2.75, 3.05) is 4.90 Å². The van der Waals surface area contributed by atoms with Gasteiger partial charge in [-0.3, -0.25) is 0 Å². The highest BCUT2D eigenvalue weighted by molar-refractivity contribution is 5.99. The summed E-state index contributed by atoms with van der Waals surface area (Å²) in [5, 5.41) is 5.05. The molecule has 0 aliphatic heterocycles. The molecule has 1 heteroatoms. The molecule has 0 bridgehead atoms. The average Bonchev–Trinajstić information content (AvgIpc) is 3.16. The van der Waals surface area contributed by atoms with E-state index in [9.17, 15) is 0 Å². The van der Waals surface area contributed by atoms with Gasteiger partial charge in [0, 0.05) is 16.8 Å². The number of hydrogen-bond donors (Lipinski definition) is 0. The van der Waals surface area contributed by atoms with Crippen molar-refractivity contribution in [1.29, 1.82) is 0 Å². The summed E-state index contributed by atoms with van der Waals surface area (Å²) in [5.41, 5.74) is 10.9. The standard InChI is InChI=1S/C47H35N/c1-3-13-36(14-4-1)42(34-41-19-11-17-39-15-7-9-22-45(39)41)33-35-25-27-37(28-26-35)38-29-31-44(32-30-38)48(43-20-5-2-6-21-43)47-24-12-18-40-16-8-10-23-46(40)47/h1-33H,34H2/b42-33-. The van der Waals surface area contributed by atoms with Crippen LogP contribution >= 0.6 is 0 Å². The zero-order valence-corrected chi connectivity index (χ0v) is 26.7. The third-order valence-electron chi connectivity index (χ3n) is 9.14. The van der Waals surface area contributed by atoms with Crippen molar-refractivity contribution < 1.29 is 0 Å². The van der Waals surface area contributed by atoms with E-state index in [2.05, 4.69) is 205 Å². The number of nitrogens with zero attached hydrogens (tertiary/aromatic N) is 1. The fourth-order valence-electron chi connectivity index (χ4n) is 6.72. The Balaban J connectivity index is 1.11. The minimum absolute atomic E-state index is 0.864. The minimum Gasteiger partial charge on any atom is -0.310 e. The Labute approximate surface area is 282 Å². The van der Waals surface area contributed by atoms with Crippen molar-refractivity contribution in [3.05, 3.63) is 211 Å². The van der Waals surface area contributed by atoms with E-state index in [1.807, 2.05) is 0 Å². The Morgan fingerprint density at radius 2 is 0.938 bits per heavy atom. The molecule has 228 valence electrons. The van der Waals surface area contributed by atoms with Gasteiger partial charge in [0.05, 0.1) is 5.69 Å². The van der Waals surface area contributed by atoms with Crippen molar-refractivity contribution >= 4 is 50.3 Å². The van der Waals surface area contributed by atoms with E-state index in [1.165, 1.54) is 60.6 Å². The molecule has 0 aliphatic rings. The molecule has 8 aromatic carbocycles. The van der Waals surface area contributed by atoms with Crippen LogP contribution in [0.2, 0.25) is 0 Å². The topological polar surface area (TPSA) is 3.24 Å². The number of rotatable bonds is 8. The van der Waals surface area contributed by atoms with E-state index < -0.39 is 0 Å². The van der Waals surface area contributed by atoms with Crippen LogP contribution in [0.5, 0.6) is 0 Å². The van der Waals surface area contributed by atoms with Gasteiger partial charge in [-0.1, -0.05) is 170 Å². The van der Waals surface area contributed by atoms with Crippen molar-refractivity contribution in [2.45, 2.75) is 6.42 Å². The smallest absolute Gasteiger partial charge is 0.0540 e. The predicted octanol–water partition coefficient (Wildman–Crippen LogP) is 12.9. The first-order chi connectivity index (χ1) is 23.8. The van der Waals surface area contributed by atoms with Gasteiger partial charge in [-0.25, -0.2) is 0 Å². The summed E-state index contributed by atoms with van der Waals surface area (Å²) in [6, 6.07) is 69.7. The average molecular weight is 614 g/mol. The maximum absolute atomic E-state index is 2.35. The molecule has 0 spiro atoms. The summed E-state index contributed by atoms with van der Waals surface area (Å²) in [7, 11) is 0. The number of anilines is 3. The molecule has 0 unspecified atom stereocenters. The van der Waals surface area contributed by atoms with E-state index in [0.717, 1.165) is 17.8 Å². The third-order valence-corrected chi connectivity index (χ3v) is 9.14. The summed E-state index contributed by atoms with van der Waals surface area (Å²) in [4.78, 5) is 2.35. The first-order valence-corrected chi connectivity index (χ1v) is 16.6. The minimum atomic E-state index is 0.864. The number of benzene rings is 8. The third kappa shape index (κ3) is 6.02. The maximum Gasteiger partial charge on any atom is 0.0540 e. The molecule has 0 N–H and O–H groups in total. The van der Waals surface area contributed by atoms with Crippen molar-refractivity contribution in [1.82, 2.24) is 0 Å². The van der Waals surface area contributed by atoms with Crippen LogP contribution in [0.25, 0.3) is 44.3 Å². The molecule has 0 aromatic heterocycles. The lowest BCUT2D eigenvalue weighted by Crippen LogP contribution is -2.10. The Morgan fingerprint density at radius 1 is 0.417 bits per heavy atom. The van der Waals surface area contributed by atoms with Crippen LogP contribution in [-0.2, 0) is 6.42 Å². The van der Waals surface area contributed by atoms with Crippen LogP contribution in [0.4, 0.5) is 17.1 Å². The van der Waals surface area contributed by atoms with Gasteiger partial charge in [0.15, 0.2) is 0 Å². The van der Waals surface area contributed by atoms with E-state index in [4.69, 9.17) is 0 Å². The second kappa shape index (κ2) is 13.3. The predicted molar refractivity (Wildman–Crippen MR) is 206 cm³/mol. The van der Waals surface area contributed by atoms with Crippen molar-refractivity contribution in [2.24, 2.45) is 0 Å². The van der Waals surface area contributed by atoms with Crippen LogP contribution in [0, 0.1) is 0 Å². The molecule has 0 aliphatic carbocycles. The number of fused-ring (bicyclic) bond motifs is 2. The molecule has 48 heavy (non-hydrogen) atoms. The van der Waals surface area contributed by atoms with Crippen LogP contribution in [0.3, 0.4) is 0 Å². The lowest BCUT2D eigenvalue weighted by atomic mass is 9.93. The highest BCUT2D eigenvalue weighted by Crippen LogP contribution is 2.39. The van der Waals surface area contributed by atoms with E-state index in [1.54, 1.807) is 0 Å². The SMILES string of the molecule is C(=C(\Cc1cccc2ccccc12)c1ccccc1)/c1ccc(-c2ccc(N(c3ccccc3)c3cccc4ccccc34)cc2)cc1. The van der Waals surface area contributed by atoms with Gasteiger partial charge in [-0.15, -0.1) is 0 Å². The Morgan fingerprint density at radius 3 is 1.65 bits per heavy atom. The van der Waals surface area contributed by atoms with Crippen LogP contribution in [0.15, 0.2) is 194 Å². The van der Waals surface area contributed by atoms with Crippen molar-refractivity contribution in [3.8, 4) is 11.1 Å². The van der Waals surface area contributed by atoms with Gasteiger partial charge >= 0.3 is 0 Å². The monoisotopic (exact) mass is 613 g/mol. The molecule has 0 atom stereocenters. The Kier molecular flexibility index (Phi) is 8.09. The molecule has 0 heterocycles. The van der Waals surface area contributed by atoms with E-state index in [-0.39, 0.29) is 0 Å². The van der Waals surface area contributed by atoms with E-state index in [0.29, 0.717) is 0 Å². The summed E-state index contributed by atoms with van der Waals surface area (Å²) in [6.07, 6.45) is 3.20. The number of hydrogen-bond acceptors (Lipinski definition) is 1.